The van der Waals surface area contributed by atoms with Crippen LogP contribution in [0, 0.1) is 0 Å². The van der Waals surface area contributed by atoms with Crippen molar-refractivity contribution in [2.24, 2.45) is 0 Å². The molecule has 0 bridgehead atoms. The summed E-state index contributed by atoms with van der Waals surface area (Å²) in [7, 11) is -6.56. The van der Waals surface area contributed by atoms with E-state index < -0.39 is 39.7 Å². The Balaban J connectivity index is 0.000000144. The van der Waals surface area contributed by atoms with Gasteiger partial charge in [-0.2, -0.15) is 58.8 Å². The van der Waals surface area contributed by atoms with Gasteiger partial charge in [0, 0.05) is 63.0 Å². The van der Waals surface area contributed by atoms with Crippen LogP contribution >= 0.6 is 0 Å². The van der Waals surface area contributed by atoms with Gasteiger partial charge in [-0.15, -0.1) is 0 Å². The van der Waals surface area contributed by atoms with Crippen molar-refractivity contribution in [2.45, 2.75) is 46.8 Å². The van der Waals surface area contributed by atoms with Crippen LogP contribution in [0.4, 0.5) is 46.5 Å². The number of anilines is 8. The van der Waals surface area contributed by atoms with Crippen molar-refractivity contribution < 1.29 is 76.3 Å². The van der Waals surface area contributed by atoms with Gasteiger partial charge in [0.1, 0.15) is 39.3 Å². The summed E-state index contributed by atoms with van der Waals surface area (Å²) in [4.78, 5) is 42.5. The van der Waals surface area contributed by atoms with Gasteiger partial charge in [-0.1, -0.05) is 6.92 Å². The number of nitrogens with one attached hydrogen (secondary N) is 8. The Hall–Kier alpha value is -11.5. The molecule has 0 atom stereocenters. The predicted molar refractivity (Wildman–Crippen MR) is 395 cm³/mol. The lowest BCUT2D eigenvalue weighted by Crippen LogP contribution is -2.40. The second-order valence-corrected chi connectivity index (χ2v) is 30.9. The summed E-state index contributed by atoms with van der Waals surface area (Å²) in [6.07, 6.45) is 9.37. The fraction of sp³-hybridized carbons (Fsp3) is 0.323. The van der Waals surface area contributed by atoms with Crippen molar-refractivity contribution >= 4 is 131 Å². The normalized spacial score (nSPS) is 13.6. The van der Waals surface area contributed by atoms with Gasteiger partial charge in [0.25, 0.3) is 0 Å². The predicted octanol–water partition coefficient (Wildman–Crippen LogP) is 6.64. The fourth-order valence-electron chi connectivity index (χ4n) is 10.7. The SMILES string of the molecule is CCOc1nc(Nc2ccc(S(=O)(=O)N3CCOCC3)cc2OC)nc2[nH]ncc12.CCOc1nc(Nc2ccc(S(C)(=O)=O)cc2OC)nc2[nH]ncc12.CCc1nc(Nc2ccc(S(=O)(=O)N3CCOCC3)cc2OC)nc2[nH]ncc12.COc1cc(S(C)(=O)=O)ccc1Nc1nc(OC)c2[nH]cnc2n1. The van der Waals surface area contributed by atoms with E-state index in [1.165, 1.54) is 93.0 Å². The minimum Gasteiger partial charge on any atom is -0.495 e. The molecule has 4 aromatic carbocycles. The summed E-state index contributed by atoms with van der Waals surface area (Å²) >= 11 is 0. The van der Waals surface area contributed by atoms with Crippen LogP contribution in [0.1, 0.15) is 26.5 Å². The molecular formula is C65H76N22O17S4. The Morgan fingerprint density at radius 1 is 0.435 bits per heavy atom. The van der Waals surface area contributed by atoms with E-state index in [-0.39, 0.29) is 37.4 Å². The van der Waals surface area contributed by atoms with E-state index in [1.54, 1.807) is 48.9 Å². The zero-order chi connectivity index (χ0) is 76.9. The first-order valence-corrected chi connectivity index (χ1v) is 39.5. The van der Waals surface area contributed by atoms with E-state index in [1.807, 2.05) is 20.8 Å². The Morgan fingerprint density at radius 3 is 1.16 bits per heavy atom. The van der Waals surface area contributed by atoms with E-state index in [4.69, 9.17) is 42.6 Å². The molecule has 108 heavy (non-hydrogen) atoms. The number of benzene rings is 4. The third kappa shape index (κ3) is 18.0. The summed E-state index contributed by atoms with van der Waals surface area (Å²) in [5, 5.41) is 34.7. The summed E-state index contributed by atoms with van der Waals surface area (Å²) in [6, 6.07) is 18.3. The Morgan fingerprint density at radius 2 is 0.787 bits per heavy atom. The highest BCUT2D eigenvalue weighted by atomic mass is 32.2. The number of hydrogen-bond acceptors (Lipinski definition) is 33. The average Bonchev–Trinajstić information content (AvgIpc) is 1.03. The largest absolute Gasteiger partial charge is 0.495 e. The van der Waals surface area contributed by atoms with E-state index in [2.05, 4.69) is 102 Å². The number of methoxy groups -OCH3 is 5. The van der Waals surface area contributed by atoms with Gasteiger partial charge in [0.2, 0.25) is 61.5 Å². The second kappa shape index (κ2) is 34.0. The monoisotopic (exact) mass is 1560 g/mol. The summed E-state index contributed by atoms with van der Waals surface area (Å²) in [5.41, 5.74) is 5.67. The van der Waals surface area contributed by atoms with Gasteiger partial charge in [0.05, 0.1) is 154 Å². The van der Waals surface area contributed by atoms with Gasteiger partial charge in [-0.25, -0.2) is 43.6 Å². The molecule has 14 rings (SSSR count). The molecule has 2 saturated heterocycles. The number of aromatic amines is 4. The van der Waals surface area contributed by atoms with Gasteiger partial charge in [-0.05, 0) is 68.8 Å². The van der Waals surface area contributed by atoms with Crippen LogP contribution in [-0.2, 0) is 55.6 Å². The molecular weight excluding hydrogens is 1490 g/mol. The quantitative estimate of drug-likeness (QED) is 0.0314. The third-order valence-electron chi connectivity index (χ3n) is 16.0. The number of imidazole rings is 1. The molecule has 0 amide bonds. The van der Waals surface area contributed by atoms with E-state index >= 15 is 0 Å². The van der Waals surface area contributed by atoms with E-state index in [0.717, 1.165) is 30.0 Å². The minimum absolute atomic E-state index is 0.145. The maximum Gasteiger partial charge on any atom is 0.244 e. The fourth-order valence-corrected chi connectivity index (χ4v) is 14.8. The third-order valence-corrected chi connectivity index (χ3v) is 22.0. The van der Waals surface area contributed by atoms with Crippen LogP contribution in [0.2, 0.25) is 0 Å². The highest BCUT2D eigenvalue weighted by Crippen LogP contribution is 2.37. The summed E-state index contributed by atoms with van der Waals surface area (Å²) < 4.78 is 149. The van der Waals surface area contributed by atoms with Crippen LogP contribution < -0.4 is 54.4 Å². The molecule has 0 saturated carbocycles. The summed E-state index contributed by atoms with van der Waals surface area (Å²) in [6.45, 7) is 9.47. The molecule has 8 N–H and O–H groups in total. The average molecular weight is 1570 g/mol. The smallest absolute Gasteiger partial charge is 0.244 e. The number of nitrogens with zero attached hydrogens (tertiary/aromatic N) is 14. The molecule has 0 spiro atoms. The van der Waals surface area contributed by atoms with Gasteiger partial charge in [0.15, 0.2) is 42.3 Å². The second-order valence-electron chi connectivity index (χ2n) is 23.0. The highest BCUT2D eigenvalue weighted by Gasteiger charge is 2.30. The minimum atomic E-state index is -3.64. The molecule has 39 nitrogen and oxygen atoms in total. The molecule has 12 aromatic rings. The highest BCUT2D eigenvalue weighted by molar-refractivity contribution is 7.91. The molecule has 8 aromatic heterocycles. The topological polar surface area (TPSA) is 492 Å². The Bertz CT molecular complexity index is 5660. The molecule has 2 aliphatic rings. The molecule has 2 aliphatic heterocycles. The molecule has 0 aliphatic carbocycles. The van der Waals surface area contributed by atoms with Gasteiger partial charge in [-0.3, -0.25) is 15.3 Å². The number of sulfonamides is 2. The van der Waals surface area contributed by atoms with Gasteiger partial charge < -0.3 is 68.9 Å². The molecule has 572 valence electrons. The standard InChI is InChI=1S/C18H22N6O5S.C18H22N6O4S.C15H17N5O4S.C14H15N5O4S/c1-3-29-17-13-11-19-23-16(13)21-18(22-17)20-14-5-4-12(10-15(14)27-2)30(25,26)24-6-8-28-9-7-24;1-3-14-13-11-19-23-17(13)22-18(20-14)21-15-5-4-12(10-16(15)27-2)29(25,26)24-6-8-28-9-7-24;1-4-24-14-10-8-16-20-13(10)18-15(19-14)17-11-6-5-9(25(3,21)22)7-12(11)23-2;1-22-10-6-8(24(3,20)21)4-5-9(10)17-14-18-12-11(15-7-16-12)13(19-14)23-2/h4-5,10-11H,3,6-9H2,1-2H3,(H2,19,20,21,22,23);4-5,10-11H,3,6-9H2,1-2H3,(H2,19,20,21,22,23);5-8H,4H2,1-3H3,(H2,16,17,18,19,20);4-7H,1-3H3,(H2,15,16,17,18,19). The molecule has 2 fully saturated rings. The zero-order valence-corrected chi connectivity index (χ0v) is 63.1. The maximum atomic E-state index is 12.9. The maximum absolute atomic E-state index is 12.9. The van der Waals surface area contributed by atoms with E-state index in [0.29, 0.717) is 174 Å². The van der Waals surface area contributed by atoms with Gasteiger partial charge >= 0.3 is 0 Å². The van der Waals surface area contributed by atoms with Crippen LogP contribution in [0.25, 0.3) is 44.3 Å². The number of H-pyrrole nitrogens is 4. The number of sulfone groups is 2. The molecule has 0 unspecified atom stereocenters. The first kappa shape index (κ1) is 77.6. The van der Waals surface area contributed by atoms with Crippen molar-refractivity contribution in [3.63, 3.8) is 0 Å². The van der Waals surface area contributed by atoms with Crippen LogP contribution in [0.15, 0.2) is 117 Å². The Labute approximate surface area is 618 Å². The van der Waals surface area contributed by atoms with Crippen LogP contribution in [-0.4, -0.2) is 237 Å². The van der Waals surface area contributed by atoms with Crippen molar-refractivity contribution in [3.8, 4) is 40.6 Å². The summed E-state index contributed by atoms with van der Waals surface area (Å²) in [5.74, 6) is 3.71. The van der Waals surface area contributed by atoms with Crippen molar-refractivity contribution in [2.75, 3.05) is 135 Å². The molecule has 0 radical (unpaired) electrons. The van der Waals surface area contributed by atoms with Crippen LogP contribution in [0.5, 0.6) is 40.6 Å². The molecule has 43 heteroatoms. The first-order chi connectivity index (χ1) is 51.9. The number of ether oxygens (including phenoxy) is 9. The Kier molecular flexibility index (Phi) is 24.4. The number of fused-ring (bicyclic) bond motifs is 4. The number of aryl methyl sites for hydroxylation is 1. The lowest BCUT2D eigenvalue weighted by atomic mass is 10.2. The van der Waals surface area contributed by atoms with Crippen LogP contribution in [0.3, 0.4) is 0 Å². The van der Waals surface area contributed by atoms with Crippen molar-refractivity contribution in [1.82, 2.24) is 89.0 Å². The van der Waals surface area contributed by atoms with E-state index in [9.17, 15) is 33.7 Å². The number of aromatic nitrogens is 16. The zero-order valence-electron chi connectivity index (χ0n) is 59.8. The molecule has 10 heterocycles. The lowest BCUT2D eigenvalue weighted by molar-refractivity contribution is 0.0730. The number of rotatable bonds is 24. The first-order valence-electron chi connectivity index (χ1n) is 32.9. The number of hydrogen-bond donors (Lipinski definition) is 8. The van der Waals surface area contributed by atoms with Crippen molar-refractivity contribution in [1.29, 1.82) is 0 Å². The number of morpholine rings is 2. The van der Waals surface area contributed by atoms with Crippen molar-refractivity contribution in [3.05, 3.63) is 103 Å². The lowest BCUT2D eigenvalue weighted by Gasteiger charge is -2.26.